The lowest BCUT2D eigenvalue weighted by molar-refractivity contribution is 0.102. The smallest absolute Gasteiger partial charge is 0.257 e. The van der Waals surface area contributed by atoms with E-state index >= 15 is 0 Å². The number of sulfonamides is 1. The van der Waals surface area contributed by atoms with Crippen molar-refractivity contribution in [3.8, 4) is 0 Å². The molecule has 1 N–H and O–H groups in total. The van der Waals surface area contributed by atoms with Crippen molar-refractivity contribution in [3.05, 3.63) is 34.3 Å². The van der Waals surface area contributed by atoms with Gasteiger partial charge in [0.15, 0.2) is 0 Å². The molecule has 1 amide bonds. The van der Waals surface area contributed by atoms with E-state index in [1.165, 1.54) is 21.7 Å². The van der Waals surface area contributed by atoms with Gasteiger partial charge in [-0.1, -0.05) is 43.6 Å². The van der Waals surface area contributed by atoms with E-state index in [1.807, 2.05) is 0 Å². The predicted octanol–water partition coefficient (Wildman–Crippen LogP) is 4.01. The lowest BCUT2D eigenvalue weighted by Gasteiger charge is -2.26. The minimum atomic E-state index is -3.60. The van der Waals surface area contributed by atoms with E-state index in [2.05, 4.69) is 22.4 Å². The second-order valence-electron chi connectivity index (χ2n) is 7.36. The number of unbranched alkanes of at least 4 members (excludes halogenated alkanes) is 2. The van der Waals surface area contributed by atoms with Crippen LogP contribution in [0.2, 0.25) is 0 Å². The Morgan fingerprint density at radius 1 is 1.17 bits per heavy atom. The molecule has 0 saturated carbocycles. The minimum Gasteiger partial charge on any atom is -0.296 e. The van der Waals surface area contributed by atoms with Gasteiger partial charge in [0.1, 0.15) is 5.01 Å². The van der Waals surface area contributed by atoms with Crippen LogP contribution in [0.4, 0.5) is 5.13 Å². The number of benzene rings is 1. The average molecular weight is 437 g/mol. The summed E-state index contributed by atoms with van der Waals surface area (Å²) in [5.41, 5.74) is 0.940. The number of aromatic nitrogens is 2. The normalized spacial score (nSPS) is 15.4. The number of nitrogens with one attached hydrogen (secondary N) is 1. The molecule has 1 saturated heterocycles. The largest absolute Gasteiger partial charge is 0.296 e. The molecule has 0 spiro atoms. The summed E-state index contributed by atoms with van der Waals surface area (Å²) in [7, 11) is -3.60. The molecule has 158 valence electrons. The van der Waals surface area contributed by atoms with E-state index in [0.29, 0.717) is 29.3 Å². The average Bonchev–Trinajstić information content (AvgIpc) is 3.16. The Morgan fingerprint density at radius 3 is 2.66 bits per heavy atom. The second-order valence-corrected chi connectivity index (χ2v) is 10.3. The van der Waals surface area contributed by atoms with Gasteiger partial charge in [0.05, 0.1) is 4.90 Å². The third-order valence-corrected chi connectivity index (χ3v) is 8.00. The maximum absolute atomic E-state index is 13.0. The molecule has 0 atom stereocenters. The van der Waals surface area contributed by atoms with Crippen molar-refractivity contribution in [1.29, 1.82) is 0 Å². The van der Waals surface area contributed by atoms with Crippen molar-refractivity contribution in [2.45, 2.75) is 63.7 Å². The first-order valence-electron chi connectivity index (χ1n) is 10.2. The number of carbonyl (C=O) groups excluding carboxylic acids is 1. The van der Waals surface area contributed by atoms with E-state index < -0.39 is 10.0 Å². The zero-order chi connectivity index (χ0) is 20.9. The van der Waals surface area contributed by atoms with Crippen LogP contribution in [0, 0.1) is 6.92 Å². The van der Waals surface area contributed by atoms with Gasteiger partial charge in [-0.25, -0.2) is 8.42 Å². The number of anilines is 1. The molecule has 0 unspecified atom stereocenters. The molecule has 2 heterocycles. The summed E-state index contributed by atoms with van der Waals surface area (Å²) in [6, 6.07) is 4.79. The monoisotopic (exact) mass is 436 g/mol. The van der Waals surface area contributed by atoms with Gasteiger partial charge >= 0.3 is 0 Å². The van der Waals surface area contributed by atoms with Gasteiger partial charge in [-0.2, -0.15) is 4.31 Å². The van der Waals surface area contributed by atoms with Crippen molar-refractivity contribution in [2.24, 2.45) is 0 Å². The fourth-order valence-electron chi connectivity index (χ4n) is 3.36. The van der Waals surface area contributed by atoms with E-state index in [-0.39, 0.29) is 10.8 Å². The summed E-state index contributed by atoms with van der Waals surface area (Å²) >= 11 is 1.36. The fourth-order valence-corrected chi connectivity index (χ4v) is 5.91. The first-order valence-corrected chi connectivity index (χ1v) is 12.4. The third-order valence-electron chi connectivity index (χ3n) is 5.06. The summed E-state index contributed by atoms with van der Waals surface area (Å²) in [5, 5.41) is 12.2. The second kappa shape index (κ2) is 9.77. The molecule has 2 aromatic rings. The lowest BCUT2D eigenvalue weighted by atomic mass is 10.1. The maximum Gasteiger partial charge on any atom is 0.257 e. The Balaban J connectivity index is 1.74. The van der Waals surface area contributed by atoms with Gasteiger partial charge in [0, 0.05) is 25.1 Å². The molecule has 7 nitrogen and oxygen atoms in total. The van der Waals surface area contributed by atoms with E-state index in [1.54, 1.807) is 19.1 Å². The maximum atomic E-state index is 13.0. The Labute approximate surface area is 176 Å². The quantitative estimate of drug-likeness (QED) is 0.631. The van der Waals surface area contributed by atoms with Gasteiger partial charge in [0.2, 0.25) is 15.2 Å². The number of aryl methyl sites for hydroxylation is 2. The number of hydrogen-bond donors (Lipinski definition) is 1. The highest BCUT2D eigenvalue weighted by molar-refractivity contribution is 7.89. The van der Waals surface area contributed by atoms with Crippen molar-refractivity contribution in [1.82, 2.24) is 14.5 Å². The third kappa shape index (κ3) is 5.40. The van der Waals surface area contributed by atoms with Crippen molar-refractivity contribution >= 4 is 32.4 Å². The molecular weight excluding hydrogens is 408 g/mol. The Kier molecular flexibility index (Phi) is 7.37. The van der Waals surface area contributed by atoms with Crippen LogP contribution < -0.4 is 5.32 Å². The van der Waals surface area contributed by atoms with Crippen LogP contribution in [0.1, 0.15) is 66.4 Å². The van der Waals surface area contributed by atoms with E-state index in [0.717, 1.165) is 50.0 Å². The first-order chi connectivity index (χ1) is 13.9. The van der Waals surface area contributed by atoms with Crippen molar-refractivity contribution in [2.75, 3.05) is 18.4 Å². The summed E-state index contributed by atoms with van der Waals surface area (Å²) in [5.74, 6) is -0.378. The van der Waals surface area contributed by atoms with Crippen LogP contribution in [0.5, 0.6) is 0 Å². The van der Waals surface area contributed by atoms with Crippen LogP contribution in [0.3, 0.4) is 0 Å². The van der Waals surface area contributed by atoms with Gasteiger partial charge in [-0.05, 0) is 43.9 Å². The fraction of sp³-hybridized carbons (Fsp3) is 0.550. The number of amides is 1. The summed E-state index contributed by atoms with van der Waals surface area (Å²) in [6.07, 6.45) is 6.97. The Bertz CT molecular complexity index is 950. The molecule has 3 rings (SSSR count). The minimum absolute atomic E-state index is 0.199. The summed E-state index contributed by atoms with van der Waals surface area (Å²) in [6.45, 7) is 4.96. The van der Waals surface area contributed by atoms with Crippen LogP contribution >= 0.6 is 11.3 Å². The number of nitrogens with zero attached hydrogens (tertiary/aromatic N) is 3. The zero-order valence-corrected chi connectivity index (χ0v) is 18.6. The Hall–Kier alpha value is -1.84. The number of piperidine rings is 1. The highest BCUT2D eigenvalue weighted by Gasteiger charge is 2.28. The van der Waals surface area contributed by atoms with Gasteiger partial charge in [-0.15, -0.1) is 10.2 Å². The topological polar surface area (TPSA) is 92.3 Å². The number of carbonyl (C=O) groups is 1. The number of rotatable bonds is 8. The molecule has 1 aromatic carbocycles. The molecule has 29 heavy (non-hydrogen) atoms. The zero-order valence-electron chi connectivity index (χ0n) is 17.0. The molecule has 0 radical (unpaired) electrons. The molecule has 1 fully saturated rings. The molecule has 1 aliphatic rings. The van der Waals surface area contributed by atoms with Crippen LogP contribution in [-0.4, -0.2) is 41.9 Å². The van der Waals surface area contributed by atoms with Crippen LogP contribution in [0.25, 0.3) is 0 Å². The van der Waals surface area contributed by atoms with Gasteiger partial charge in [0.25, 0.3) is 5.91 Å². The van der Waals surface area contributed by atoms with E-state index in [4.69, 9.17) is 0 Å². The van der Waals surface area contributed by atoms with Gasteiger partial charge < -0.3 is 0 Å². The van der Waals surface area contributed by atoms with Crippen LogP contribution in [0.15, 0.2) is 23.1 Å². The molecule has 1 aromatic heterocycles. The highest BCUT2D eigenvalue weighted by Crippen LogP contribution is 2.25. The first kappa shape index (κ1) is 21.9. The van der Waals surface area contributed by atoms with Crippen LogP contribution in [-0.2, 0) is 16.4 Å². The highest BCUT2D eigenvalue weighted by atomic mass is 32.2. The van der Waals surface area contributed by atoms with Gasteiger partial charge in [-0.3, -0.25) is 10.1 Å². The molecule has 1 aliphatic heterocycles. The predicted molar refractivity (Wildman–Crippen MR) is 115 cm³/mol. The van der Waals surface area contributed by atoms with E-state index in [9.17, 15) is 13.2 Å². The molecule has 0 aliphatic carbocycles. The summed E-state index contributed by atoms with van der Waals surface area (Å²) < 4.78 is 27.6. The molecule has 0 bridgehead atoms. The number of hydrogen-bond acceptors (Lipinski definition) is 6. The molecule has 9 heteroatoms. The molecular formula is C20H28N4O3S2. The van der Waals surface area contributed by atoms with Crippen molar-refractivity contribution < 1.29 is 13.2 Å². The SMILES string of the molecule is CCCCCc1nnc(NC(=O)c2ccc(C)c(S(=O)(=O)N3CCCCC3)c2)s1. The standard InChI is InChI=1S/C20H28N4O3S2/c1-3-4-6-9-18-22-23-20(28-18)21-19(25)16-11-10-15(2)17(14-16)29(26,27)24-12-7-5-8-13-24/h10-11,14H,3-9,12-13H2,1-2H3,(H,21,23,25). The Morgan fingerprint density at radius 2 is 1.93 bits per heavy atom. The lowest BCUT2D eigenvalue weighted by Crippen LogP contribution is -2.36. The van der Waals surface area contributed by atoms with Crippen molar-refractivity contribution in [3.63, 3.8) is 0 Å². The summed E-state index contributed by atoms with van der Waals surface area (Å²) in [4.78, 5) is 12.9.